The molecule has 3 nitrogen and oxygen atoms in total. The Bertz CT molecular complexity index is 753. The van der Waals surface area contributed by atoms with Crippen molar-refractivity contribution in [3.05, 3.63) is 53.6 Å². The summed E-state index contributed by atoms with van der Waals surface area (Å²) in [6.07, 6.45) is 0. The van der Waals surface area contributed by atoms with Crippen LogP contribution in [0, 0.1) is 11.6 Å². The second kappa shape index (κ2) is 5.13. The summed E-state index contributed by atoms with van der Waals surface area (Å²) in [5, 5.41) is 0.355. The number of hydrogen-bond acceptors (Lipinski definition) is 4. The molecule has 1 aromatic heterocycles. The van der Waals surface area contributed by atoms with Crippen molar-refractivity contribution >= 4 is 28.5 Å². The second-order valence-electron chi connectivity index (χ2n) is 4.20. The SMILES string of the molecule is Nc1ccc2oc(SCc3c(F)cccc3F)nc2c1. The summed E-state index contributed by atoms with van der Waals surface area (Å²) in [7, 11) is 0. The Kier molecular flexibility index (Phi) is 3.31. The Labute approximate surface area is 117 Å². The van der Waals surface area contributed by atoms with Gasteiger partial charge in [0.2, 0.25) is 0 Å². The summed E-state index contributed by atoms with van der Waals surface area (Å²) in [4.78, 5) is 4.22. The third-order valence-electron chi connectivity index (χ3n) is 2.79. The number of halogens is 2. The van der Waals surface area contributed by atoms with Crippen LogP contribution in [-0.2, 0) is 5.75 Å². The lowest BCUT2D eigenvalue weighted by Gasteiger charge is -2.01. The highest BCUT2D eigenvalue weighted by atomic mass is 32.2. The molecular weight excluding hydrogens is 282 g/mol. The number of anilines is 1. The molecular formula is C14H10F2N2OS. The maximum Gasteiger partial charge on any atom is 0.257 e. The van der Waals surface area contributed by atoms with E-state index in [2.05, 4.69) is 4.98 Å². The van der Waals surface area contributed by atoms with Crippen molar-refractivity contribution in [1.82, 2.24) is 4.98 Å². The van der Waals surface area contributed by atoms with E-state index in [4.69, 9.17) is 10.2 Å². The quantitative estimate of drug-likeness (QED) is 0.586. The van der Waals surface area contributed by atoms with E-state index < -0.39 is 11.6 Å². The zero-order chi connectivity index (χ0) is 14.1. The minimum Gasteiger partial charge on any atom is -0.431 e. The van der Waals surface area contributed by atoms with Crippen molar-refractivity contribution < 1.29 is 13.2 Å². The monoisotopic (exact) mass is 292 g/mol. The van der Waals surface area contributed by atoms with E-state index in [-0.39, 0.29) is 11.3 Å². The summed E-state index contributed by atoms with van der Waals surface area (Å²) in [5.74, 6) is -1.03. The van der Waals surface area contributed by atoms with Crippen molar-refractivity contribution in [3.63, 3.8) is 0 Å². The lowest BCUT2D eigenvalue weighted by atomic mass is 10.2. The van der Waals surface area contributed by atoms with Crippen molar-refractivity contribution in [3.8, 4) is 0 Å². The lowest BCUT2D eigenvalue weighted by Crippen LogP contribution is -1.92. The van der Waals surface area contributed by atoms with E-state index >= 15 is 0 Å². The highest BCUT2D eigenvalue weighted by Gasteiger charge is 2.12. The molecule has 0 aliphatic heterocycles. The molecule has 1 heterocycles. The fraction of sp³-hybridized carbons (Fsp3) is 0.0714. The van der Waals surface area contributed by atoms with Gasteiger partial charge in [0, 0.05) is 17.0 Å². The molecule has 0 amide bonds. The molecule has 0 radical (unpaired) electrons. The Morgan fingerprint density at radius 3 is 2.65 bits per heavy atom. The predicted octanol–water partition coefficient (Wildman–Crippen LogP) is 3.98. The molecule has 0 aliphatic rings. The smallest absolute Gasteiger partial charge is 0.257 e. The number of oxazole rings is 1. The predicted molar refractivity (Wildman–Crippen MR) is 74.3 cm³/mol. The molecule has 3 rings (SSSR count). The number of nitrogens with zero attached hydrogens (tertiary/aromatic N) is 1. The van der Waals surface area contributed by atoms with Gasteiger partial charge in [-0.05, 0) is 30.3 Å². The van der Waals surface area contributed by atoms with E-state index in [1.807, 2.05) is 0 Å². The first kappa shape index (κ1) is 12.9. The minimum atomic E-state index is -0.571. The summed E-state index contributed by atoms with van der Waals surface area (Å²) in [6, 6.07) is 8.90. The number of nitrogen functional groups attached to an aromatic ring is 1. The molecule has 2 N–H and O–H groups in total. The number of aromatic nitrogens is 1. The highest BCUT2D eigenvalue weighted by molar-refractivity contribution is 7.98. The van der Waals surface area contributed by atoms with Gasteiger partial charge in [-0.15, -0.1) is 0 Å². The van der Waals surface area contributed by atoms with Crippen LogP contribution in [0.5, 0.6) is 0 Å². The standard InChI is InChI=1S/C14H10F2N2OS/c15-10-2-1-3-11(16)9(10)7-20-14-18-12-6-8(17)4-5-13(12)19-14/h1-6H,7,17H2. The van der Waals surface area contributed by atoms with Crippen molar-refractivity contribution in [2.45, 2.75) is 11.0 Å². The molecule has 2 aromatic carbocycles. The van der Waals surface area contributed by atoms with Crippen LogP contribution in [0.4, 0.5) is 14.5 Å². The molecule has 20 heavy (non-hydrogen) atoms. The minimum absolute atomic E-state index is 0.0132. The molecule has 3 aromatic rings. The van der Waals surface area contributed by atoms with Gasteiger partial charge in [-0.1, -0.05) is 17.8 Å². The molecule has 0 spiro atoms. The summed E-state index contributed by atoms with van der Waals surface area (Å²) < 4.78 is 32.5. The van der Waals surface area contributed by atoms with Gasteiger partial charge in [-0.2, -0.15) is 0 Å². The third-order valence-corrected chi connectivity index (χ3v) is 3.65. The average Bonchev–Trinajstić information content (AvgIpc) is 2.80. The molecule has 0 aliphatic carbocycles. The topological polar surface area (TPSA) is 52.0 Å². The van der Waals surface area contributed by atoms with Gasteiger partial charge < -0.3 is 10.2 Å². The fourth-order valence-electron chi connectivity index (χ4n) is 1.79. The molecule has 6 heteroatoms. The van der Waals surface area contributed by atoms with Gasteiger partial charge in [-0.3, -0.25) is 0 Å². The first-order chi connectivity index (χ1) is 9.63. The maximum atomic E-state index is 13.5. The average molecular weight is 292 g/mol. The number of nitrogens with two attached hydrogens (primary N) is 1. The second-order valence-corrected chi connectivity index (χ2v) is 5.12. The Morgan fingerprint density at radius 1 is 1.15 bits per heavy atom. The van der Waals surface area contributed by atoms with Crippen molar-refractivity contribution in [1.29, 1.82) is 0 Å². The van der Waals surface area contributed by atoms with Crippen LogP contribution in [-0.4, -0.2) is 4.98 Å². The van der Waals surface area contributed by atoms with Crippen LogP contribution in [0.1, 0.15) is 5.56 Å². The molecule has 0 atom stereocenters. The van der Waals surface area contributed by atoms with Crippen LogP contribution in [0.15, 0.2) is 46.0 Å². The third kappa shape index (κ3) is 2.46. The lowest BCUT2D eigenvalue weighted by molar-refractivity contribution is 0.489. The molecule has 0 bridgehead atoms. The summed E-state index contributed by atoms with van der Waals surface area (Å²) in [6.45, 7) is 0. The zero-order valence-corrected chi connectivity index (χ0v) is 11.1. The van der Waals surface area contributed by atoms with Gasteiger partial charge in [0.25, 0.3) is 5.22 Å². The van der Waals surface area contributed by atoms with E-state index in [1.54, 1.807) is 18.2 Å². The van der Waals surface area contributed by atoms with Gasteiger partial charge in [0.15, 0.2) is 5.58 Å². The van der Waals surface area contributed by atoms with Gasteiger partial charge >= 0.3 is 0 Å². The molecule has 0 fully saturated rings. The zero-order valence-electron chi connectivity index (χ0n) is 10.3. The number of fused-ring (bicyclic) bond motifs is 1. The highest BCUT2D eigenvalue weighted by Crippen LogP contribution is 2.28. The molecule has 0 unspecified atom stereocenters. The first-order valence-electron chi connectivity index (χ1n) is 5.85. The molecule has 0 saturated carbocycles. The number of hydrogen-bond donors (Lipinski definition) is 1. The van der Waals surface area contributed by atoms with Gasteiger partial charge in [0.1, 0.15) is 17.2 Å². The van der Waals surface area contributed by atoms with Gasteiger partial charge in [0.05, 0.1) is 0 Å². The number of benzene rings is 2. The van der Waals surface area contributed by atoms with E-state index in [0.29, 0.717) is 22.0 Å². The normalized spacial score (nSPS) is 11.1. The Morgan fingerprint density at radius 2 is 1.90 bits per heavy atom. The largest absolute Gasteiger partial charge is 0.431 e. The van der Waals surface area contributed by atoms with Crippen LogP contribution < -0.4 is 5.73 Å². The molecule has 102 valence electrons. The van der Waals surface area contributed by atoms with Crippen molar-refractivity contribution in [2.75, 3.05) is 5.73 Å². The van der Waals surface area contributed by atoms with Crippen LogP contribution in [0.25, 0.3) is 11.1 Å². The number of thioether (sulfide) groups is 1. The van der Waals surface area contributed by atoms with Gasteiger partial charge in [-0.25, -0.2) is 13.8 Å². The van der Waals surface area contributed by atoms with Crippen LogP contribution >= 0.6 is 11.8 Å². The Balaban J connectivity index is 1.83. The Hall–Kier alpha value is -2.08. The fourth-order valence-corrected chi connectivity index (χ4v) is 2.64. The van der Waals surface area contributed by atoms with E-state index in [1.165, 1.54) is 18.2 Å². The maximum absolute atomic E-state index is 13.5. The van der Waals surface area contributed by atoms with E-state index in [0.717, 1.165) is 11.8 Å². The number of rotatable bonds is 3. The summed E-state index contributed by atoms with van der Waals surface area (Å²) in [5.41, 5.74) is 7.47. The van der Waals surface area contributed by atoms with Crippen LogP contribution in [0.2, 0.25) is 0 Å². The van der Waals surface area contributed by atoms with E-state index in [9.17, 15) is 8.78 Å². The van der Waals surface area contributed by atoms with Crippen molar-refractivity contribution in [2.24, 2.45) is 0 Å². The van der Waals surface area contributed by atoms with Crippen LogP contribution in [0.3, 0.4) is 0 Å². The molecule has 0 saturated heterocycles. The first-order valence-corrected chi connectivity index (χ1v) is 6.84. The summed E-state index contributed by atoms with van der Waals surface area (Å²) >= 11 is 1.13.